The van der Waals surface area contributed by atoms with Crippen LogP contribution in [0.2, 0.25) is 0 Å². The van der Waals surface area contributed by atoms with E-state index < -0.39 is 11.7 Å². The van der Waals surface area contributed by atoms with Gasteiger partial charge in [0.2, 0.25) is 5.91 Å². The summed E-state index contributed by atoms with van der Waals surface area (Å²) in [6.45, 7) is 1.71. The Hall–Kier alpha value is -2.93. The van der Waals surface area contributed by atoms with Crippen molar-refractivity contribution in [3.05, 3.63) is 64.8 Å². The fourth-order valence-electron chi connectivity index (χ4n) is 4.00. The summed E-state index contributed by atoms with van der Waals surface area (Å²) in [5.41, 5.74) is 1.60. The average Bonchev–Trinajstić information content (AvgIpc) is 2.93. The first kappa shape index (κ1) is 21.3. The number of nitrogens with zero attached hydrogens (tertiary/aromatic N) is 2. The standard InChI is InChI=1S/C24H24BrN3O3/c25-17-8-7-9-18(14-17)26-24(31)23(30)20-15-28(21-11-4-3-10-19(20)21)16-22(29)27-12-5-1-2-6-13-27/h3-4,7-11,14-15H,1-2,5-6,12-13,16H2,(H,26,31). The maximum absolute atomic E-state index is 13.0. The second-order valence-corrected chi connectivity index (χ2v) is 8.69. The number of likely N-dealkylation sites (tertiary alicyclic amines) is 1. The van der Waals surface area contributed by atoms with Gasteiger partial charge in [0, 0.05) is 40.3 Å². The lowest BCUT2D eigenvalue weighted by molar-refractivity contribution is -0.131. The van der Waals surface area contributed by atoms with Gasteiger partial charge in [-0.1, -0.05) is 53.0 Å². The number of amides is 2. The van der Waals surface area contributed by atoms with Gasteiger partial charge in [-0.2, -0.15) is 0 Å². The quantitative estimate of drug-likeness (QED) is 0.426. The van der Waals surface area contributed by atoms with Gasteiger partial charge in [-0.25, -0.2) is 0 Å². The van der Waals surface area contributed by atoms with Gasteiger partial charge in [0.1, 0.15) is 6.54 Å². The molecule has 6 nitrogen and oxygen atoms in total. The van der Waals surface area contributed by atoms with Gasteiger partial charge >= 0.3 is 0 Å². The number of para-hydroxylation sites is 1. The normalized spacial score (nSPS) is 14.3. The van der Waals surface area contributed by atoms with Crippen LogP contribution >= 0.6 is 15.9 Å². The molecule has 4 rings (SSSR count). The summed E-state index contributed by atoms with van der Waals surface area (Å²) in [6.07, 6.45) is 5.99. The fourth-order valence-corrected chi connectivity index (χ4v) is 4.40. The number of aromatic nitrogens is 1. The monoisotopic (exact) mass is 481 g/mol. The van der Waals surface area contributed by atoms with E-state index in [9.17, 15) is 14.4 Å². The Morgan fingerprint density at radius 3 is 2.42 bits per heavy atom. The van der Waals surface area contributed by atoms with E-state index in [1.807, 2.05) is 35.2 Å². The number of ketones is 1. The predicted octanol–water partition coefficient (Wildman–Crippen LogP) is 4.63. The topological polar surface area (TPSA) is 71.4 Å². The highest BCUT2D eigenvalue weighted by Gasteiger charge is 2.23. The molecule has 7 heteroatoms. The number of fused-ring (bicyclic) bond motifs is 1. The molecule has 1 aliphatic rings. The van der Waals surface area contributed by atoms with E-state index in [0.717, 1.165) is 48.8 Å². The molecular weight excluding hydrogens is 458 g/mol. The number of anilines is 1. The van der Waals surface area contributed by atoms with Crippen LogP contribution in [-0.4, -0.2) is 40.2 Å². The van der Waals surface area contributed by atoms with Gasteiger partial charge in [-0.3, -0.25) is 14.4 Å². The van der Waals surface area contributed by atoms with Gasteiger partial charge in [0.15, 0.2) is 0 Å². The summed E-state index contributed by atoms with van der Waals surface area (Å²) in [5.74, 6) is -1.29. The average molecular weight is 482 g/mol. The molecule has 2 amide bonds. The van der Waals surface area contributed by atoms with E-state index in [0.29, 0.717) is 16.6 Å². The molecule has 1 fully saturated rings. The van der Waals surface area contributed by atoms with Crippen molar-refractivity contribution in [2.24, 2.45) is 0 Å². The Morgan fingerprint density at radius 2 is 1.68 bits per heavy atom. The smallest absolute Gasteiger partial charge is 0.296 e. The second-order valence-electron chi connectivity index (χ2n) is 7.78. The molecule has 0 atom stereocenters. The molecule has 1 saturated heterocycles. The molecule has 0 bridgehead atoms. The van der Waals surface area contributed by atoms with E-state index in [1.165, 1.54) is 0 Å². The van der Waals surface area contributed by atoms with Crippen molar-refractivity contribution in [1.29, 1.82) is 0 Å². The van der Waals surface area contributed by atoms with E-state index in [2.05, 4.69) is 21.2 Å². The number of carbonyl (C=O) groups excluding carboxylic acids is 3. The number of hydrogen-bond acceptors (Lipinski definition) is 3. The number of rotatable bonds is 5. The number of carbonyl (C=O) groups is 3. The molecule has 0 saturated carbocycles. The predicted molar refractivity (Wildman–Crippen MR) is 124 cm³/mol. The Labute approximate surface area is 189 Å². The first-order chi connectivity index (χ1) is 15.0. The maximum atomic E-state index is 13.0. The van der Waals surface area contributed by atoms with Crippen LogP contribution in [0, 0.1) is 0 Å². The first-order valence-corrected chi connectivity index (χ1v) is 11.3. The van der Waals surface area contributed by atoms with Crippen molar-refractivity contribution in [2.45, 2.75) is 32.2 Å². The van der Waals surface area contributed by atoms with E-state index in [-0.39, 0.29) is 12.5 Å². The molecule has 1 aromatic heterocycles. The van der Waals surface area contributed by atoms with Crippen molar-refractivity contribution in [1.82, 2.24) is 9.47 Å². The van der Waals surface area contributed by atoms with E-state index >= 15 is 0 Å². The van der Waals surface area contributed by atoms with Gasteiger partial charge in [-0.15, -0.1) is 0 Å². The minimum absolute atomic E-state index is 0.0419. The lowest BCUT2D eigenvalue weighted by Gasteiger charge is -2.20. The first-order valence-electron chi connectivity index (χ1n) is 10.5. The SMILES string of the molecule is O=C(Nc1cccc(Br)c1)C(=O)c1cn(CC(=O)N2CCCCCC2)c2ccccc12. The Balaban J connectivity index is 1.57. The molecule has 0 spiro atoms. The van der Waals surface area contributed by atoms with E-state index in [1.54, 1.807) is 29.0 Å². The number of nitrogens with one attached hydrogen (secondary N) is 1. The summed E-state index contributed by atoms with van der Waals surface area (Å²) in [5, 5.41) is 3.32. The molecule has 160 valence electrons. The summed E-state index contributed by atoms with van der Waals surface area (Å²) in [7, 11) is 0. The molecule has 0 unspecified atom stereocenters. The minimum atomic E-state index is -0.708. The highest BCUT2D eigenvalue weighted by atomic mass is 79.9. The molecule has 1 N–H and O–H groups in total. The Bertz CT molecular complexity index is 1130. The Morgan fingerprint density at radius 1 is 0.935 bits per heavy atom. The van der Waals surface area contributed by atoms with Crippen molar-refractivity contribution in [3.8, 4) is 0 Å². The molecular formula is C24H24BrN3O3. The fraction of sp³-hybridized carbons (Fsp3) is 0.292. The molecule has 2 heterocycles. The molecule has 2 aromatic carbocycles. The van der Waals surface area contributed by atoms with Crippen LogP contribution in [0.4, 0.5) is 5.69 Å². The zero-order valence-corrected chi connectivity index (χ0v) is 18.7. The minimum Gasteiger partial charge on any atom is -0.341 e. The van der Waals surface area contributed by atoms with Gasteiger partial charge in [0.05, 0.1) is 5.56 Å². The summed E-state index contributed by atoms with van der Waals surface area (Å²) in [6, 6.07) is 14.4. The van der Waals surface area contributed by atoms with E-state index in [4.69, 9.17) is 0 Å². The van der Waals surface area contributed by atoms with Crippen LogP contribution in [0.25, 0.3) is 10.9 Å². The van der Waals surface area contributed by atoms with Crippen LogP contribution in [-0.2, 0) is 16.1 Å². The van der Waals surface area contributed by atoms with Crippen LogP contribution in [0.1, 0.15) is 36.0 Å². The van der Waals surface area contributed by atoms with Gasteiger partial charge < -0.3 is 14.8 Å². The zero-order chi connectivity index (χ0) is 21.8. The second kappa shape index (κ2) is 9.47. The number of benzene rings is 2. The van der Waals surface area contributed by atoms with Crippen LogP contribution in [0.3, 0.4) is 0 Å². The maximum Gasteiger partial charge on any atom is 0.296 e. The molecule has 3 aromatic rings. The highest BCUT2D eigenvalue weighted by Crippen LogP contribution is 2.23. The third-order valence-corrected chi connectivity index (χ3v) is 6.08. The highest BCUT2D eigenvalue weighted by molar-refractivity contribution is 9.10. The number of Topliss-reactive ketones (excluding diaryl/α,β-unsaturated/α-hetero) is 1. The number of hydrogen-bond donors (Lipinski definition) is 1. The molecule has 1 aliphatic heterocycles. The van der Waals surface area contributed by atoms with Crippen molar-refractivity contribution < 1.29 is 14.4 Å². The zero-order valence-electron chi connectivity index (χ0n) is 17.1. The third-order valence-electron chi connectivity index (χ3n) is 5.59. The third kappa shape index (κ3) is 4.88. The summed E-state index contributed by atoms with van der Waals surface area (Å²) in [4.78, 5) is 40.4. The summed E-state index contributed by atoms with van der Waals surface area (Å²) >= 11 is 3.35. The van der Waals surface area contributed by atoms with Crippen LogP contribution < -0.4 is 5.32 Å². The van der Waals surface area contributed by atoms with Gasteiger partial charge in [0.25, 0.3) is 11.7 Å². The Kier molecular flexibility index (Phi) is 6.51. The molecule has 31 heavy (non-hydrogen) atoms. The molecule has 0 aliphatic carbocycles. The van der Waals surface area contributed by atoms with Crippen molar-refractivity contribution >= 4 is 50.1 Å². The largest absolute Gasteiger partial charge is 0.341 e. The van der Waals surface area contributed by atoms with Gasteiger partial charge in [-0.05, 0) is 37.1 Å². The van der Waals surface area contributed by atoms with Crippen LogP contribution in [0.15, 0.2) is 59.2 Å². The number of halogens is 1. The lowest BCUT2D eigenvalue weighted by atomic mass is 10.1. The van der Waals surface area contributed by atoms with Crippen molar-refractivity contribution in [3.63, 3.8) is 0 Å². The van der Waals surface area contributed by atoms with Crippen molar-refractivity contribution in [2.75, 3.05) is 18.4 Å². The lowest BCUT2D eigenvalue weighted by Crippen LogP contribution is -2.34. The summed E-state index contributed by atoms with van der Waals surface area (Å²) < 4.78 is 2.59. The molecule has 0 radical (unpaired) electrons. The van der Waals surface area contributed by atoms with Crippen LogP contribution in [0.5, 0.6) is 0 Å².